The molecule has 1 rings (SSSR count). The zero-order valence-corrected chi connectivity index (χ0v) is 10.0. The maximum Gasteiger partial charge on any atom is 0.174 e. The van der Waals surface area contributed by atoms with E-state index in [2.05, 4.69) is 0 Å². The fourth-order valence-corrected chi connectivity index (χ4v) is 1.71. The van der Waals surface area contributed by atoms with Gasteiger partial charge in [-0.1, -0.05) is 39.0 Å². The topological polar surface area (TPSA) is 37.3 Å². The van der Waals surface area contributed by atoms with Gasteiger partial charge in [0.2, 0.25) is 0 Å². The Morgan fingerprint density at radius 2 is 1.69 bits per heavy atom. The van der Waals surface area contributed by atoms with E-state index in [0.717, 1.165) is 0 Å². The van der Waals surface area contributed by atoms with Crippen molar-refractivity contribution in [2.45, 2.75) is 33.3 Å². The minimum absolute atomic E-state index is 0.0231. The van der Waals surface area contributed by atoms with E-state index in [1.54, 1.807) is 26.8 Å². The van der Waals surface area contributed by atoms with Gasteiger partial charge in [0.25, 0.3) is 0 Å². The molecule has 1 atom stereocenters. The Morgan fingerprint density at radius 1 is 1.19 bits per heavy atom. The van der Waals surface area contributed by atoms with E-state index < -0.39 is 22.6 Å². The summed E-state index contributed by atoms with van der Waals surface area (Å²) in [4.78, 5) is 12.0. The van der Waals surface area contributed by atoms with Crippen LogP contribution in [-0.2, 0) is 10.4 Å². The third kappa shape index (κ3) is 2.30. The lowest BCUT2D eigenvalue weighted by molar-refractivity contribution is -0.145. The molecule has 0 bridgehead atoms. The maximum atomic E-state index is 13.5. The lowest BCUT2D eigenvalue weighted by Crippen LogP contribution is -2.41. The molecule has 0 aliphatic heterocycles. The Bertz CT molecular complexity index is 403. The van der Waals surface area contributed by atoms with Gasteiger partial charge < -0.3 is 5.11 Å². The Labute approximate surface area is 95.1 Å². The van der Waals surface area contributed by atoms with E-state index in [-0.39, 0.29) is 5.56 Å². The molecule has 1 N–H and O–H groups in total. The summed E-state index contributed by atoms with van der Waals surface area (Å²) in [6, 6.07) is 5.79. The van der Waals surface area contributed by atoms with Crippen molar-refractivity contribution in [3.63, 3.8) is 0 Å². The van der Waals surface area contributed by atoms with Crippen LogP contribution in [0.25, 0.3) is 0 Å². The van der Waals surface area contributed by atoms with E-state index in [9.17, 15) is 14.3 Å². The van der Waals surface area contributed by atoms with Crippen LogP contribution in [0.4, 0.5) is 4.39 Å². The van der Waals surface area contributed by atoms with Crippen LogP contribution in [0.5, 0.6) is 0 Å². The second kappa shape index (κ2) is 3.98. The van der Waals surface area contributed by atoms with Crippen molar-refractivity contribution in [3.8, 4) is 0 Å². The highest BCUT2D eigenvalue weighted by molar-refractivity contribution is 5.92. The molecule has 1 aromatic carbocycles. The summed E-state index contributed by atoms with van der Waals surface area (Å²) in [5, 5.41) is 10.2. The summed E-state index contributed by atoms with van der Waals surface area (Å²) in [5.74, 6) is -0.963. The van der Waals surface area contributed by atoms with Crippen LogP contribution in [0.1, 0.15) is 33.3 Å². The van der Waals surface area contributed by atoms with Crippen molar-refractivity contribution >= 4 is 5.78 Å². The molecule has 0 aliphatic rings. The number of benzene rings is 1. The molecule has 0 amide bonds. The van der Waals surface area contributed by atoms with Crippen molar-refractivity contribution in [1.29, 1.82) is 0 Å². The molecular formula is C13H17FO2. The molecule has 1 aromatic rings. The molecule has 2 nitrogen and oxygen atoms in total. The molecule has 88 valence electrons. The Balaban J connectivity index is 3.22. The van der Waals surface area contributed by atoms with Crippen molar-refractivity contribution in [3.05, 3.63) is 35.6 Å². The van der Waals surface area contributed by atoms with E-state index >= 15 is 0 Å². The molecule has 0 aromatic heterocycles. The second-order valence-corrected chi connectivity index (χ2v) is 5.13. The maximum absolute atomic E-state index is 13.5. The molecule has 16 heavy (non-hydrogen) atoms. The van der Waals surface area contributed by atoms with Gasteiger partial charge in [0, 0.05) is 11.0 Å². The minimum Gasteiger partial charge on any atom is -0.377 e. The summed E-state index contributed by atoms with van der Waals surface area (Å²) in [6.07, 6.45) is 0. The summed E-state index contributed by atoms with van der Waals surface area (Å²) in [6.45, 7) is 6.43. The van der Waals surface area contributed by atoms with Gasteiger partial charge in [0.15, 0.2) is 5.78 Å². The van der Waals surface area contributed by atoms with Crippen molar-refractivity contribution in [2.75, 3.05) is 0 Å². The number of carbonyl (C=O) groups excluding carboxylic acids is 1. The molecular weight excluding hydrogens is 207 g/mol. The van der Waals surface area contributed by atoms with E-state index in [0.29, 0.717) is 0 Å². The van der Waals surface area contributed by atoms with Gasteiger partial charge in [-0.15, -0.1) is 0 Å². The van der Waals surface area contributed by atoms with Gasteiger partial charge in [-0.3, -0.25) is 4.79 Å². The second-order valence-electron chi connectivity index (χ2n) is 5.13. The highest BCUT2D eigenvalue weighted by Gasteiger charge is 2.40. The molecule has 0 saturated heterocycles. The predicted octanol–water partition coefficient (Wildman–Crippen LogP) is 2.65. The first-order chi connectivity index (χ1) is 7.17. The zero-order chi connectivity index (χ0) is 12.6. The minimum atomic E-state index is -1.79. The Kier molecular flexibility index (Phi) is 3.20. The first-order valence-electron chi connectivity index (χ1n) is 5.19. The fourth-order valence-electron chi connectivity index (χ4n) is 1.71. The largest absolute Gasteiger partial charge is 0.377 e. The molecule has 3 heteroatoms. The SMILES string of the molecule is CC(C)(C)C(=O)[C@@](C)(O)c1ccccc1F. The lowest BCUT2D eigenvalue weighted by Gasteiger charge is -2.30. The highest BCUT2D eigenvalue weighted by atomic mass is 19.1. The number of aliphatic hydroxyl groups is 1. The first kappa shape index (κ1) is 12.8. The van der Waals surface area contributed by atoms with Crippen LogP contribution in [-0.4, -0.2) is 10.9 Å². The molecule has 0 fully saturated rings. The van der Waals surface area contributed by atoms with Crippen LogP contribution in [0, 0.1) is 11.2 Å². The fraction of sp³-hybridized carbons (Fsp3) is 0.462. The lowest BCUT2D eigenvalue weighted by atomic mass is 9.77. The average molecular weight is 224 g/mol. The number of hydrogen-bond donors (Lipinski definition) is 1. The van der Waals surface area contributed by atoms with Gasteiger partial charge in [-0.2, -0.15) is 0 Å². The standard InChI is InChI=1S/C13H17FO2/c1-12(2,3)11(15)13(4,16)9-7-5-6-8-10(9)14/h5-8,16H,1-4H3/t13-/m0/s1. The smallest absolute Gasteiger partial charge is 0.174 e. The molecule has 0 spiro atoms. The number of rotatable bonds is 2. The number of ketones is 1. The van der Waals surface area contributed by atoms with Crippen LogP contribution in [0.2, 0.25) is 0 Å². The van der Waals surface area contributed by atoms with Gasteiger partial charge in [0.1, 0.15) is 11.4 Å². The van der Waals surface area contributed by atoms with Crippen LogP contribution in [0.3, 0.4) is 0 Å². The quantitative estimate of drug-likeness (QED) is 0.838. The predicted molar refractivity (Wildman–Crippen MR) is 60.4 cm³/mol. The van der Waals surface area contributed by atoms with Gasteiger partial charge in [-0.05, 0) is 13.0 Å². The summed E-state index contributed by atoms with van der Waals surface area (Å²) >= 11 is 0. The van der Waals surface area contributed by atoms with Crippen LogP contribution < -0.4 is 0 Å². The van der Waals surface area contributed by atoms with E-state index in [1.807, 2.05) is 0 Å². The van der Waals surface area contributed by atoms with Crippen molar-refractivity contribution in [1.82, 2.24) is 0 Å². The van der Waals surface area contributed by atoms with Crippen LogP contribution in [0.15, 0.2) is 24.3 Å². The normalized spacial score (nSPS) is 15.6. The molecule has 0 radical (unpaired) electrons. The number of carbonyl (C=O) groups is 1. The van der Waals surface area contributed by atoms with E-state index in [1.165, 1.54) is 25.1 Å². The number of halogens is 1. The highest BCUT2D eigenvalue weighted by Crippen LogP contribution is 2.31. The van der Waals surface area contributed by atoms with Gasteiger partial charge in [-0.25, -0.2) is 4.39 Å². The molecule has 0 saturated carbocycles. The third-order valence-electron chi connectivity index (χ3n) is 2.52. The molecule has 0 heterocycles. The zero-order valence-electron chi connectivity index (χ0n) is 10.0. The van der Waals surface area contributed by atoms with Gasteiger partial charge in [0.05, 0.1) is 0 Å². The monoisotopic (exact) mass is 224 g/mol. The number of Topliss-reactive ketones (excluding diaryl/α,β-unsaturated/α-hetero) is 1. The van der Waals surface area contributed by atoms with Crippen molar-refractivity contribution in [2.24, 2.45) is 5.41 Å². The van der Waals surface area contributed by atoms with Gasteiger partial charge >= 0.3 is 0 Å². The summed E-state index contributed by atoms with van der Waals surface area (Å²) in [5.41, 5.74) is -2.48. The van der Waals surface area contributed by atoms with E-state index in [4.69, 9.17) is 0 Å². The summed E-state index contributed by atoms with van der Waals surface area (Å²) < 4.78 is 13.5. The van der Waals surface area contributed by atoms with Crippen LogP contribution >= 0.6 is 0 Å². The summed E-state index contributed by atoms with van der Waals surface area (Å²) in [7, 11) is 0. The third-order valence-corrected chi connectivity index (χ3v) is 2.52. The Morgan fingerprint density at radius 3 is 2.12 bits per heavy atom. The van der Waals surface area contributed by atoms with Crippen molar-refractivity contribution < 1.29 is 14.3 Å². The molecule has 0 aliphatic carbocycles. The number of hydrogen-bond acceptors (Lipinski definition) is 2. The Hall–Kier alpha value is -1.22. The first-order valence-corrected chi connectivity index (χ1v) is 5.19. The molecule has 0 unspecified atom stereocenters. The average Bonchev–Trinajstić information content (AvgIpc) is 2.15.